The Morgan fingerprint density at radius 2 is 2.15 bits per heavy atom. The van der Waals surface area contributed by atoms with Gasteiger partial charge in [0, 0.05) is 8.59 Å². The number of sulfonamides is 1. The average molecular weight is 444 g/mol. The third-order valence-electron chi connectivity index (χ3n) is 2.58. The number of benzene rings is 1. The molecule has 8 heteroatoms. The van der Waals surface area contributed by atoms with Gasteiger partial charge in [0.1, 0.15) is 4.90 Å². The van der Waals surface area contributed by atoms with Crippen molar-refractivity contribution in [1.82, 2.24) is 0 Å². The van der Waals surface area contributed by atoms with Gasteiger partial charge in [-0.1, -0.05) is 11.6 Å². The third kappa shape index (κ3) is 3.28. The number of anilines is 1. The van der Waals surface area contributed by atoms with Crippen LogP contribution in [0.4, 0.5) is 5.69 Å². The predicted octanol–water partition coefficient (Wildman–Crippen LogP) is 3.61. The van der Waals surface area contributed by atoms with Crippen molar-refractivity contribution in [3.8, 4) is 0 Å². The van der Waals surface area contributed by atoms with Gasteiger partial charge < -0.3 is 5.11 Å². The van der Waals surface area contributed by atoms with Crippen LogP contribution in [0.2, 0.25) is 5.02 Å². The van der Waals surface area contributed by atoms with E-state index >= 15 is 0 Å². The van der Waals surface area contributed by atoms with Crippen LogP contribution >= 0.6 is 45.5 Å². The molecule has 2 aromatic rings. The molecule has 0 aliphatic rings. The maximum Gasteiger partial charge on any atom is 0.263 e. The van der Waals surface area contributed by atoms with Gasteiger partial charge in [0.05, 0.1) is 17.2 Å². The highest BCUT2D eigenvalue weighted by Crippen LogP contribution is 2.30. The number of aliphatic hydroxyl groups is 1. The number of rotatable bonds is 4. The summed E-state index contributed by atoms with van der Waals surface area (Å²) < 4.78 is 28.1. The molecule has 0 radical (unpaired) electrons. The summed E-state index contributed by atoms with van der Waals surface area (Å²) in [5, 5.41) is 11.5. The molecule has 1 aromatic carbocycles. The van der Waals surface area contributed by atoms with E-state index in [1.807, 2.05) is 22.6 Å². The molecule has 0 spiro atoms. The molecule has 0 amide bonds. The van der Waals surface area contributed by atoms with Crippen LogP contribution in [0.1, 0.15) is 10.4 Å². The minimum absolute atomic E-state index is 0.149. The van der Waals surface area contributed by atoms with Crippen LogP contribution in [0, 0.1) is 10.5 Å². The Labute approximate surface area is 140 Å². The van der Waals surface area contributed by atoms with Gasteiger partial charge in [-0.2, -0.15) is 0 Å². The Balaban J connectivity index is 2.43. The second kappa shape index (κ2) is 6.18. The molecule has 0 unspecified atom stereocenters. The molecular formula is C12H11ClINO3S2. The van der Waals surface area contributed by atoms with Crippen molar-refractivity contribution >= 4 is 61.2 Å². The first kappa shape index (κ1) is 16.0. The number of hydrogen-bond donors (Lipinski definition) is 2. The van der Waals surface area contributed by atoms with E-state index in [2.05, 4.69) is 4.72 Å². The molecule has 0 bridgehead atoms. The zero-order valence-electron chi connectivity index (χ0n) is 10.4. The highest BCUT2D eigenvalue weighted by molar-refractivity contribution is 14.1. The molecule has 0 fully saturated rings. The van der Waals surface area contributed by atoms with Gasteiger partial charge in [-0.25, -0.2) is 8.42 Å². The average Bonchev–Trinajstić information content (AvgIpc) is 2.75. The number of hydrogen-bond acceptors (Lipinski definition) is 4. The minimum Gasteiger partial charge on any atom is -0.391 e. The number of halogens is 2. The number of aliphatic hydroxyl groups excluding tert-OH is 1. The fraction of sp³-hybridized carbons (Fsp3) is 0.167. The minimum atomic E-state index is -3.73. The number of nitrogens with one attached hydrogen (secondary N) is 1. The molecule has 2 N–H and O–H groups in total. The predicted molar refractivity (Wildman–Crippen MR) is 90.0 cm³/mol. The van der Waals surface area contributed by atoms with Crippen molar-refractivity contribution in [2.75, 3.05) is 4.72 Å². The molecule has 2 rings (SSSR count). The van der Waals surface area contributed by atoms with Gasteiger partial charge >= 0.3 is 0 Å². The van der Waals surface area contributed by atoms with Gasteiger partial charge in [-0.3, -0.25) is 4.72 Å². The summed E-state index contributed by atoms with van der Waals surface area (Å²) in [4.78, 5) is 0.578. The summed E-state index contributed by atoms with van der Waals surface area (Å²) in [7, 11) is -3.73. The summed E-state index contributed by atoms with van der Waals surface area (Å²) in [6, 6.07) is 4.91. The molecule has 0 saturated carbocycles. The van der Waals surface area contributed by atoms with Gasteiger partial charge in [0.2, 0.25) is 0 Å². The first-order valence-electron chi connectivity index (χ1n) is 5.51. The summed E-state index contributed by atoms with van der Waals surface area (Å²) in [5.41, 5.74) is 1.08. The highest BCUT2D eigenvalue weighted by atomic mass is 127. The third-order valence-corrected chi connectivity index (χ3v) is 6.52. The van der Waals surface area contributed by atoms with Crippen LogP contribution < -0.4 is 4.72 Å². The smallest absolute Gasteiger partial charge is 0.263 e. The van der Waals surface area contributed by atoms with Crippen molar-refractivity contribution in [1.29, 1.82) is 0 Å². The topological polar surface area (TPSA) is 66.4 Å². The molecule has 20 heavy (non-hydrogen) atoms. The molecular weight excluding hydrogens is 433 g/mol. The lowest BCUT2D eigenvalue weighted by Crippen LogP contribution is -2.15. The van der Waals surface area contributed by atoms with Crippen molar-refractivity contribution in [3.63, 3.8) is 0 Å². The van der Waals surface area contributed by atoms with Gasteiger partial charge in [0.15, 0.2) is 0 Å². The van der Waals surface area contributed by atoms with Gasteiger partial charge in [-0.15, -0.1) is 11.3 Å². The lowest BCUT2D eigenvalue weighted by atomic mass is 10.3. The fourth-order valence-corrected chi connectivity index (χ4v) is 5.66. The van der Waals surface area contributed by atoms with Crippen LogP contribution in [0.5, 0.6) is 0 Å². The molecule has 0 aliphatic heterocycles. The molecule has 0 aliphatic carbocycles. The molecule has 1 aromatic heterocycles. The summed E-state index contributed by atoms with van der Waals surface area (Å²) in [5.74, 6) is 0. The van der Waals surface area contributed by atoms with E-state index in [1.165, 1.54) is 11.3 Å². The lowest BCUT2D eigenvalue weighted by Gasteiger charge is -2.11. The van der Waals surface area contributed by atoms with Crippen molar-refractivity contribution < 1.29 is 13.5 Å². The molecule has 108 valence electrons. The summed E-state index contributed by atoms with van der Waals surface area (Å²) in [6.07, 6.45) is 0. The van der Waals surface area contributed by atoms with E-state index in [1.54, 1.807) is 30.5 Å². The van der Waals surface area contributed by atoms with E-state index in [0.29, 0.717) is 24.7 Å². The standard InChI is InChI=1S/C12H11ClINO3S2/c1-7-6-19-11(5-16)12(7)20(17,18)15-10-3-2-8(13)4-9(10)14/h2-4,6,15-16H,5H2,1H3. The maximum absolute atomic E-state index is 12.4. The SMILES string of the molecule is Cc1csc(CO)c1S(=O)(=O)Nc1ccc(Cl)cc1I. The summed E-state index contributed by atoms with van der Waals surface area (Å²) >= 11 is 9.09. The second-order valence-electron chi connectivity index (χ2n) is 4.06. The van der Waals surface area contributed by atoms with Crippen LogP contribution in [-0.2, 0) is 16.6 Å². The Bertz CT molecular complexity index is 743. The first-order valence-corrected chi connectivity index (χ1v) is 9.33. The van der Waals surface area contributed by atoms with Crippen LogP contribution in [-0.4, -0.2) is 13.5 Å². The van der Waals surface area contributed by atoms with E-state index < -0.39 is 10.0 Å². The Morgan fingerprint density at radius 1 is 1.45 bits per heavy atom. The van der Waals surface area contributed by atoms with E-state index in [9.17, 15) is 13.5 Å². The van der Waals surface area contributed by atoms with Crippen LogP contribution in [0.15, 0.2) is 28.5 Å². The lowest BCUT2D eigenvalue weighted by molar-refractivity contribution is 0.282. The summed E-state index contributed by atoms with van der Waals surface area (Å²) in [6.45, 7) is 1.41. The molecule has 0 saturated heterocycles. The monoisotopic (exact) mass is 443 g/mol. The largest absolute Gasteiger partial charge is 0.391 e. The Kier molecular flexibility index (Phi) is 4.96. The maximum atomic E-state index is 12.4. The zero-order chi connectivity index (χ0) is 14.9. The van der Waals surface area contributed by atoms with Crippen molar-refractivity contribution in [2.45, 2.75) is 18.4 Å². The number of thiophene rings is 1. The first-order chi connectivity index (χ1) is 9.35. The number of aryl methyl sites for hydroxylation is 1. The second-order valence-corrected chi connectivity index (χ2v) is 8.24. The zero-order valence-corrected chi connectivity index (χ0v) is 14.9. The van der Waals surface area contributed by atoms with Crippen molar-refractivity contribution in [2.24, 2.45) is 0 Å². The Hall–Kier alpha value is -0.350. The van der Waals surface area contributed by atoms with Crippen LogP contribution in [0.3, 0.4) is 0 Å². The Morgan fingerprint density at radius 3 is 2.75 bits per heavy atom. The van der Waals surface area contributed by atoms with Gasteiger partial charge in [0.25, 0.3) is 10.0 Å². The molecule has 1 heterocycles. The normalized spacial score (nSPS) is 11.6. The molecule has 4 nitrogen and oxygen atoms in total. The highest BCUT2D eigenvalue weighted by Gasteiger charge is 2.23. The van der Waals surface area contributed by atoms with E-state index in [4.69, 9.17) is 11.6 Å². The van der Waals surface area contributed by atoms with E-state index in [0.717, 1.165) is 0 Å². The quantitative estimate of drug-likeness (QED) is 0.710. The van der Waals surface area contributed by atoms with Gasteiger partial charge in [-0.05, 0) is 58.7 Å². The van der Waals surface area contributed by atoms with Crippen molar-refractivity contribution in [3.05, 3.63) is 42.6 Å². The van der Waals surface area contributed by atoms with E-state index in [-0.39, 0.29) is 11.5 Å². The fourth-order valence-electron chi connectivity index (χ4n) is 1.73. The van der Waals surface area contributed by atoms with Crippen LogP contribution in [0.25, 0.3) is 0 Å². The molecule has 0 atom stereocenters.